The van der Waals surface area contributed by atoms with E-state index in [0.717, 1.165) is 15.3 Å². The molecule has 8 heteroatoms. The first-order valence-corrected chi connectivity index (χ1v) is 11.4. The van der Waals surface area contributed by atoms with Crippen molar-refractivity contribution >= 4 is 20.9 Å². The van der Waals surface area contributed by atoms with Crippen LogP contribution in [0.2, 0.25) is 0 Å². The number of pyridine rings is 1. The molecule has 0 spiro atoms. The smallest absolute Gasteiger partial charge is 0.252 e. The fraction of sp³-hybridized carbons (Fsp3) is 0.348. The Hall–Kier alpha value is -2.68. The van der Waals surface area contributed by atoms with Crippen LogP contribution in [0.25, 0.3) is 10.9 Å². The first kappa shape index (κ1) is 23.0. The summed E-state index contributed by atoms with van der Waals surface area (Å²) in [5.74, 6) is 0.610. The maximum Gasteiger partial charge on any atom is 0.252 e. The summed E-state index contributed by atoms with van der Waals surface area (Å²) in [7, 11) is -2.36. The summed E-state index contributed by atoms with van der Waals surface area (Å²) in [6.45, 7) is 5.52. The van der Waals surface area contributed by atoms with Gasteiger partial charge in [-0.25, -0.2) is 8.42 Å². The highest BCUT2D eigenvalue weighted by molar-refractivity contribution is 7.89. The summed E-state index contributed by atoms with van der Waals surface area (Å²) in [5.41, 5.74) is 1.42. The molecule has 0 aliphatic heterocycles. The zero-order chi connectivity index (χ0) is 22.8. The second-order valence-electron chi connectivity index (χ2n) is 8.41. The SMILES string of the molecule is COc1ccc2cc(CN(CCO)S(=O)(=O)c3ccc(C(C)(C)C)cc3)c(=O)[nH]c2c1. The second kappa shape index (κ2) is 8.82. The Labute approximate surface area is 182 Å². The number of aromatic nitrogens is 1. The van der Waals surface area contributed by atoms with E-state index in [-0.39, 0.29) is 35.6 Å². The van der Waals surface area contributed by atoms with Crippen molar-refractivity contribution in [3.63, 3.8) is 0 Å². The van der Waals surface area contributed by atoms with Crippen LogP contribution in [-0.4, -0.2) is 43.1 Å². The number of aromatic amines is 1. The van der Waals surface area contributed by atoms with E-state index >= 15 is 0 Å². The van der Waals surface area contributed by atoms with E-state index < -0.39 is 10.0 Å². The molecule has 0 bridgehead atoms. The van der Waals surface area contributed by atoms with Crippen LogP contribution < -0.4 is 10.3 Å². The molecule has 3 rings (SSSR count). The van der Waals surface area contributed by atoms with Crippen molar-refractivity contribution in [1.29, 1.82) is 0 Å². The third kappa shape index (κ3) is 4.98. The molecular formula is C23H28N2O5S. The number of H-pyrrole nitrogens is 1. The molecule has 2 N–H and O–H groups in total. The van der Waals surface area contributed by atoms with Crippen LogP contribution in [0.3, 0.4) is 0 Å². The van der Waals surface area contributed by atoms with Gasteiger partial charge >= 0.3 is 0 Å². The monoisotopic (exact) mass is 444 g/mol. The van der Waals surface area contributed by atoms with Gasteiger partial charge in [-0.05, 0) is 46.7 Å². The fourth-order valence-electron chi connectivity index (χ4n) is 3.33. The van der Waals surface area contributed by atoms with E-state index in [0.29, 0.717) is 16.8 Å². The van der Waals surface area contributed by atoms with Crippen LogP contribution in [0.15, 0.2) is 58.2 Å². The number of aliphatic hydroxyl groups excluding tert-OH is 1. The Morgan fingerprint density at radius 3 is 2.32 bits per heavy atom. The molecular weight excluding hydrogens is 416 g/mol. The summed E-state index contributed by atoms with van der Waals surface area (Å²) in [4.78, 5) is 15.5. The van der Waals surface area contributed by atoms with Gasteiger partial charge in [-0.2, -0.15) is 4.31 Å². The Balaban J connectivity index is 1.96. The molecule has 0 saturated heterocycles. The van der Waals surface area contributed by atoms with Gasteiger partial charge < -0.3 is 14.8 Å². The number of sulfonamides is 1. The largest absolute Gasteiger partial charge is 0.497 e. The minimum absolute atomic E-state index is 0.103. The predicted molar refractivity (Wildman–Crippen MR) is 121 cm³/mol. The van der Waals surface area contributed by atoms with Crippen molar-refractivity contribution in [1.82, 2.24) is 9.29 Å². The highest BCUT2D eigenvalue weighted by Gasteiger charge is 2.26. The van der Waals surface area contributed by atoms with Gasteiger partial charge in [-0.15, -0.1) is 0 Å². The molecule has 0 fully saturated rings. The summed E-state index contributed by atoms with van der Waals surface area (Å²) >= 11 is 0. The predicted octanol–water partition coefficient (Wildman–Crippen LogP) is 3.02. The quantitative estimate of drug-likeness (QED) is 0.584. The van der Waals surface area contributed by atoms with Crippen LogP contribution >= 0.6 is 0 Å². The molecule has 0 atom stereocenters. The van der Waals surface area contributed by atoms with Gasteiger partial charge in [0.05, 0.1) is 24.1 Å². The lowest BCUT2D eigenvalue weighted by Gasteiger charge is -2.23. The number of hydrogen-bond acceptors (Lipinski definition) is 5. The van der Waals surface area contributed by atoms with Crippen molar-refractivity contribution in [2.24, 2.45) is 0 Å². The summed E-state index contributed by atoms with van der Waals surface area (Å²) in [5, 5.41) is 10.2. The molecule has 0 aliphatic carbocycles. The van der Waals surface area contributed by atoms with Crippen molar-refractivity contribution in [3.05, 3.63) is 70.0 Å². The van der Waals surface area contributed by atoms with Gasteiger partial charge in [-0.3, -0.25) is 4.79 Å². The average Bonchev–Trinajstić information content (AvgIpc) is 2.73. The Morgan fingerprint density at radius 2 is 1.74 bits per heavy atom. The first-order chi connectivity index (χ1) is 14.6. The van der Waals surface area contributed by atoms with Crippen molar-refractivity contribution in [3.8, 4) is 5.75 Å². The Morgan fingerprint density at radius 1 is 1.06 bits per heavy atom. The van der Waals surface area contributed by atoms with Crippen molar-refractivity contribution < 1.29 is 18.3 Å². The molecule has 0 radical (unpaired) electrons. The number of hydrogen-bond donors (Lipinski definition) is 2. The standard InChI is InChI=1S/C23H28N2O5S/c1-23(2,3)18-6-9-20(10-7-18)31(28,29)25(11-12-26)15-17-13-16-5-8-19(30-4)14-21(16)24-22(17)27/h5-10,13-14,26H,11-12,15H2,1-4H3,(H,24,27). The number of aliphatic hydroxyl groups is 1. The molecule has 1 aromatic heterocycles. The highest BCUT2D eigenvalue weighted by atomic mass is 32.2. The van der Waals surface area contributed by atoms with E-state index in [9.17, 15) is 18.3 Å². The number of nitrogens with one attached hydrogen (secondary N) is 1. The molecule has 0 amide bonds. The topological polar surface area (TPSA) is 99.7 Å². The van der Waals surface area contributed by atoms with Crippen LogP contribution in [-0.2, 0) is 22.0 Å². The average molecular weight is 445 g/mol. The van der Waals surface area contributed by atoms with Crippen molar-refractivity contribution in [2.75, 3.05) is 20.3 Å². The van der Waals surface area contributed by atoms with Gasteiger partial charge in [0.25, 0.3) is 5.56 Å². The van der Waals surface area contributed by atoms with Gasteiger partial charge in [0, 0.05) is 24.7 Å². The van der Waals surface area contributed by atoms with Crippen LogP contribution in [0, 0.1) is 0 Å². The Bertz CT molecular complexity index is 1230. The zero-order valence-corrected chi connectivity index (χ0v) is 19.0. The maximum atomic E-state index is 13.2. The fourth-order valence-corrected chi connectivity index (χ4v) is 4.74. The summed E-state index contributed by atoms with van der Waals surface area (Å²) in [6, 6.07) is 13.7. The van der Waals surface area contributed by atoms with E-state index in [4.69, 9.17) is 4.74 Å². The summed E-state index contributed by atoms with van der Waals surface area (Å²) in [6.07, 6.45) is 0. The number of benzene rings is 2. The minimum atomic E-state index is -3.90. The minimum Gasteiger partial charge on any atom is -0.497 e. The van der Waals surface area contributed by atoms with Gasteiger partial charge in [0.2, 0.25) is 10.0 Å². The first-order valence-electron chi connectivity index (χ1n) is 9.98. The summed E-state index contributed by atoms with van der Waals surface area (Å²) < 4.78 is 32.8. The molecule has 1 heterocycles. The van der Waals surface area contributed by atoms with Crippen LogP contribution in [0.5, 0.6) is 5.75 Å². The molecule has 3 aromatic rings. The van der Waals surface area contributed by atoms with Crippen LogP contribution in [0.4, 0.5) is 0 Å². The maximum absolute atomic E-state index is 13.2. The molecule has 0 unspecified atom stereocenters. The lowest BCUT2D eigenvalue weighted by Crippen LogP contribution is -2.35. The number of fused-ring (bicyclic) bond motifs is 1. The van der Waals surface area contributed by atoms with Gasteiger partial charge in [0.15, 0.2) is 0 Å². The molecule has 0 saturated carbocycles. The normalized spacial score (nSPS) is 12.5. The number of ether oxygens (including phenoxy) is 1. The van der Waals surface area contributed by atoms with E-state index in [1.807, 2.05) is 0 Å². The Kier molecular flexibility index (Phi) is 6.54. The molecule has 31 heavy (non-hydrogen) atoms. The lowest BCUT2D eigenvalue weighted by molar-refractivity contribution is 0.251. The van der Waals surface area contributed by atoms with E-state index in [2.05, 4.69) is 25.8 Å². The molecule has 2 aromatic carbocycles. The zero-order valence-electron chi connectivity index (χ0n) is 18.2. The van der Waals surface area contributed by atoms with Crippen LogP contribution in [0.1, 0.15) is 31.9 Å². The van der Waals surface area contributed by atoms with Gasteiger partial charge in [0.1, 0.15) is 5.75 Å². The number of methoxy groups -OCH3 is 1. The highest BCUT2D eigenvalue weighted by Crippen LogP contribution is 2.25. The van der Waals surface area contributed by atoms with E-state index in [1.54, 1.807) is 55.6 Å². The van der Waals surface area contributed by atoms with Gasteiger partial charge in [-0.1, -0.05) is 32.9 Å². The number of nitrogens with zero attached hydrogens (tertiary/aromatic N) is 1. The number of rotatable bonds is 7. The van der Waals surface area contributed by atoms with E-state index in [1.165, 1.54) is 0 Å². The molecule has 7 nitrogen and oxygen atoms in total. The third-order valence-electron chi connectivity index (χ3n) is 5.18. The molecule has 166 valence electrons. The molecule has 0 aliphatic rings. The third-order valence-corrected chi connectivity index (χ3v) is 7.04. The second-order valence-corrected chi connectivity index (χ2v) is 10.4. The lowest BCUT2D eigenvalue weighted by atomic mass is 9.87. The van der Waals surface area contributed by atoms with Crippen molar-refractivity contribution in [2.45, 2.75) is 37.6 Å².